The molecule has 0 saturated carbocycles. The summed E-state index contributed by atoms with van der Waals surface area (Å²) in [7, 11) is 0. The van der Waals surface area contributed by atoms with Gasteiger partial charge in [0.2, 0.25) is 0 Å². The van der Waals surface area contributed by atoms with Crippen LogP contribution in [0, 0.1) is 0 Å². The summed E-state index contributed by atoms with van der Waals surface area (Å²) in [4.78, 5) is 2.45. The lowest BCUT2D eigenvalue weighted by atomic mass is 9.82. The molecule has 2 aliphatic carbocycles. The van der Waals surface area contributed by atoms with Crippen LogP contribution in [0.4, 0.5) is 17.1 Å². The first-order valence-corrected chi connectivity index (χ1v) is 21.1. The molecule has 0 atom stereocenters. The Morgan fingerprint density at radius 2 is 0.883 bits per heavy atom. The third-order valence-electron chi connectivity index (χ3n) is 13.7. The minimum atomic E-state index is -0.158. The van der Waals surface area contributed by atoms with Crippen molar-refractivity contribution in [2.45, 2.75) is 38.5 Å². The molecule has 0 spiro atoms. The Labute approximate surface area is 352 Å². The van der Waals surface area contributed by atoms with Crippen molar-refractivity contribution in [1.29, 1.82) is 0 Å². The Hall–Kier alpha value is -7.16. The number of anilines is 3. The molecule has 2 nitrogen and oxygen atoms in total. The fourth-order valence-corrected chi connectivity index (χ4v) is 10.5. The van der Waals surface area contributed by atoms with Crippen molar-refractivity contribution in [3.8, 4) is 67.1 Å². The van der Waals surface area contributed by atoms with Gasteiger partial charge in [0.15, 0.2) is 5.75 Å². The van der Waals surface area contributed by atoms with Gasteiger partial charge in [0.25, 0.3) is 0 Å². The first-order chi connectivity index (χ1) is 29.3. The SMILES string of the molecule is CC1(C)c2ccccc2-c2ccc(N(c3ccc4c(c3)C(C)(C)c3ccccc3-4)c3cccc4c3Oc3cc5ccccc5cc3-c3cc(-c5ccccc5)ccc3-4)cc21. The van der Waals surface area contributed by atoms with Gasteiger partial charge in [-0.25, -0.2) is 0 Å². The van der Waals surface area contributed by atoms with Crippen LogP contribution in [0.5, 0.6) is 11.5 Å². The van der Waals surface area contributed by atoms with Crippen LogP contribution in [0.25, 0.3) is 66.4 Å². The summed E-state index contributed by atoms with van der Waals surface area (Å²) in [6.07, 6.45) is 0. The summed E-state index contributed by atoms with van der Waals surface area (Å²) in [6, 6.07) is 69.3. The zero-order valence-electron chi connectivity index (χ0n) is 34.3. The minimum absolute atomic E-state index is 0.158. The van der Waals surface area contributed by atoms with Crippen LogP contribution in [-0.2, 0) is 10.8 Å². The number of ether oxygens (including phenoxy) is 1. The molecule has 1 heterocycles. The van der Waals surface area contributed by atoms with Crippen LogP contribution in [0.2, 0.25) is 0 Å². The summed E-state index contributed by atoms with van der Waals surface area (Å²) < 4.78 is 7.42. The largest absolute Gasteiger partial charge is 0.454 e. The molecule has 1 aliphatic heterocycles. The van der Waals surface area contributed by atoms with Gasteiger partial charge in [-0.3, -0.25) is 0 Å². The lowest BCUT2D eigenvalue weighted by Gasteiger charge is -2.31. The number of hydrogen-bond acceptors (Lipinski definition) is 2. The first-order valence-electron chi connectivity index (χ1n) is 21.1. The maximum atomic E-state index is 7.42. The minimum Gasteiger partial charge on any atom is -0.454 e. The molecule has 9 aromatic carbocycles. The van der Waals surface area contributed by atoms with Crippen LogP contribution in [0.1, 0.15) is 49.9 Å². The van der Waals surface area contributed by atoms with E-state index in [0.717, 1.165) is 56.2 Å². The lowest BCUT2D eigenvalue weighted by Crippen LogP contribution is -2.18. The van der Waals surface area contributed by atoms with Crippen molar-refractivity contribution in [3.63, 3.8) is 0 Å². The average Bonchev–Trinajstić information content (AvgIpc) is 3.59. The molecule has 60 heavy (non-hydrogen) atoms. The van der Waals surface area contributed by atoms with Gasteiger partial charge in [-0.1, -0.05) is 167 Å². The standard InChI is InChI=1S/C58H43NO/c1-57(2)50-22-12-10-19-43(50)45-29-26-40(34-52(45)57)59(41-27-30-46-44-20-11-13-23-51(44)58(3,4)53(46)35-41)54-24-14-21-47-42-28-25-39(36-15-6-5-7-16-36)31-48(42)49-32-37-17-8-9-18-38(37)33-55(49)60-56(47)54/h5-35H,1-4H3. The molecule has 3 aliphatic rings. The van der Waals surface area contributed by atoms with E-state index in [2.05, 4.69) is 221 Å². The molecular weight excluding hydrogens is 727 g/mol. The summed E-state index contributed by atoms with van der Waals surface area (Å²) in [5, 5.41) is 2.34. The number of nitrogens with zero attached hydrogens (tertiary/aromatic N) is 1. The van der Waals surface area contributed by atoms with Crippen molar-refractivity contribution < 1.29 is 4.74 Å². The molecule has 12 rings (SSSR count). The van der Waals surface area contributed by atoms with E-state index in [-0.39, 0.29) is 10.8 Å². The number of hydrogen-bond donors (Lipinski definition) is 0. The van der Waals surface area contributed by atoms with Crippen LogP contribution < -0.4 is 9.64 Å². The Morgan fingerprint density at radius 1 is 0.350 bits per heavy atom. The van der Waals surface area contributed by atoms with E-state index in [1.807, 2.05) is 0 Å². The highest BCUT2D eigenvalue weighted by Crippen LogP contribution is 2.57. The molecule has 0 N–H and O–H groups in total. The highest BCUT2D eigenvalue weighted by molar-refractivity contribution is 6.01. The molecule has 9 aromatic rings. The van der Waals surface area contributed by atoms with Gasteiger partial charge in [0.1, 0.15) is 5.75 Å². The topological polar surface area (TPSA) is 12.5 Å². The number of benzene rings is 9. The number of fused-ring (bicyclic) bond motifs is 12. The second-order valence-corrected chi connectivity index (χ2v) is 17.7. The summed E-state index contributed by atoms with van der Waals surface area (Å²) in [5.74, 6) is 1.69. The molecular formula is C58H43NO. The second-order valence-electron chi connectivity index (χ2n) is 17.7. The maximum Gasteiger partial charge on any atom is 0.159 e. The van der Waals surface area contributed by atoms with Crippen LogP contribution in [0.3, 0.4) is 0 Å². The van der Waals surface area contributed by atoms with E-state index >= 15 is 0 Å². The Morgan fingerprint density at radius 3 is 1.53 bits per heavy atom. The third-order valence-corrected chi connectivity index (χ3v) is 13.7. The van der Waals surface area contributed by atoms with Gasteiger partial charge in [0, 0.05) is 33.3 Å². The Balaban J connectivity index is 1.12. The van der Waals surface area contributed by atoms with E-state index in [1.54, 1.807) is 0 Å². The fourth-order valence-electron chi connectivity index (χ4n) is 10.5. The van der Waals surface area contributed by atoms with Gasteiger partial charge in [-0.15, -0.1) is 0 Å². The van der Waals surface area contributed by atoms with Crippen LogP contribution in [-0.4, -0.2) is 0 Å². The maximum absolute atomic E-state index is 7.42. The predicted molar refractivity (Wildman–Crippen MR) is 250 cm³/mol. The van der Waals surface area contributed by atoms with E-state index in [4.69, 9.17) is 4.74 Å². The molecule has 286 valence electrons. The molecule has 0 bridgehead atoms. The molecule has 0 saturated heterocycles. The first kappa shape index (κ1) is 34.8. The van der Waals surface area contributed by atoms with E-state index < -0.39 is 0 Å². The highest BCUT2D eigenvalue weighted by atomic mass is 16.5. The molecule has 0 aromatic heterocycles. The van der Waals surface area contributed by atoms with E-state index in [9.17, 15) is 0 Å². The molecule has 0 unspecified atom stereocenters. The fraction of sp³-hybridized carbons (Fsp3) is 0.103. The summed E-state index contributed by atoms with van der Waals surface area (Å²) in [5.41, 5.74) is 20.4. The van der Waals surface area contributed by atoms with Crippen molar-refractivity contribution in [3.05, 3.63) is 210 Å². The van der Waals surface area contributed by atoms with Gasteiger partial charge >= 0.3 is 0 Å². The van der Waals surface area contributed by atoms with Crippen LogP contribution in [0.15, 0.2) is 188 Å². The smallest absolute Gasteiger partial charge is 0.159 e. The number of rotatable bonds is 4. The van der Waals surface area contributed by atoms with Crippen molar-refractivity contribution in [2.75, 3.05) is 4.90 Å². The van der Waals surface area contributed by atoms with E-state index in [0.29, 0.717) is 0 Å². The average molecular weight is 770 g/mol. The zero-order chi connectivity index (χ0) is 40.3. The lowest BCUT2D eigenvalue weighted by molar-refractivity contribution is 0.489. The Bertz CT molecular complexity index is 3140. The normalized spacial score (nSPS) is 14.4. The predicted octanol–water partition coefficient (Wildman–Crippen LogP) is 16.0. The Kier molecular flexibility index (Phi) is 7.36. The zero-order valence-corrected chi connectivity index (χ0v) is 34.3. The monoisotopic (exact) mass is 769 g/mol. The van der Waals surface area contributed by atoms with E-state index in [1.165, 1.54) is 61.0 Å². The molecule has 0 radical (unpaired) electrons. The van der Waals surface area contributed by atoms with Crippen molar-refractivity contribution >= 4 is 27.8 Å². The van der Waals surface area contributed by atoms with Crippen molar-refractivity contribution in [2.24, 2.45) is 0 Å². The third kappa shape index (κ3) is 5.01. The van der Waals surface area contributed by atoms with Gasteiger partial charge in [0.05, 0.1) is 5.69 Å². The van der Waals surface area contributed by atoms with Gasteiger partial charge in [-0.05, 0) is 126 Å². The second kappa shape index (κ2) is 12.7. The van der Waals surface area contributed by atoms with Crippen LogP contribution >= 0.6 is 0 Å². The summed E-state index contributed by atoms with van der Waals surface area (Å²) >= 11 is 0. The van der Waals surface area contributed by atoms with Gasteiger partial charge in [-0.2, -0.15) is 0 Å². The molecule has 0 fully saturated rings. The van der Waals surface area contributed by atoms with Gasteiger partial charge < -0.3 is 9.64 Å². The molecule has 0 amide bonds. The quantitative estimate of drug-likeness (QED) is 0.177. The summed E-state index contributed by atoms with van der Waals surface area (Å²) in [6.45, 7) is 9.45. The highest BCUT2D eigenvalue weighted by Gasteiger charge is 2.38. The number of para-hydroxylation sites is 1. The van der Waals surface area contributed by atoms with Crippen molar-refractivity contribution in [1.82, 2.24) is 0 Å². The molecule has 2 heteroatoms.